The van der Waals surface area contributed by atoms with Gasteiger partial charge in [0.05, 0.1) is 23.6 Å². The van der Waals surface area contributed by atoms with Gasteiger partial charge in [0.1, 0.15) is 12.4 Å². The van der Waals surface area contributed by atoms with Gasteiger partial charge < -0.3 is 15.0 Å². The molecule has 3 aromatic rings. The molecule has 0 bridgehead atoms. The molecule has 2 aliphatic rings. The normalized spacial score (nSPS) is 19.6. The number of carbonyl (C=O) groups is 1. The van der Waals surface area contributed by atoms with Gasteiger partial charge in [-0.05, 0) is 61.9 Å². The third-order valence-corrected chi connectivity index (χ3v) is 6.78. The zero-order valence-electron chi connectivity index (χ0n) is 21.0. The molecule has 1 saturated carbocycles. The summed E-state index contributed by atoms with van der Waals surface area (Å²) in [6.45, 7) is 5.80. The van der Waals surface area contributed by atoms with Crippen LogP contribution < -0.4 is 11.0 Å². The Morgan fingerprint density at radius 3 is 2.49 bits per heavy atom. The van der Waals surface area contributed by atoms with Crippen LogP contribution in [0.25, 0.3) is 17.1 Å². The van der Waals surface area contributed by atoms with E-state index in [-0.39, 0.29) is 48.0 Å². The molecule has 1 N–H and O–H groups in total. The molecule has 1 aliphatic carbocycles. The lowest BCUT2D eigenvalue weighted by Crippen LogP contribution is -2.41. The maximum atomic E-state index is 13.6. The molecule has 5 rings (SSSR count). The number of imidazole rings is 1. The quantitative estimate of drug-likeness (QED) is 0.484. The fourth-order valence-corrected chi connectivity index (χ4v) is 5.06. The molecule has 1 aliphatic heterocycles. The fraction of sp³-hybridized carbons (Fsp3) is 0.462. The molecule has 11 heteroatoms. The number of hydrogen-bond donors (Lipinski definition) is 1. The summed E-state index contributed by atoms with van der Waals surface area (Å²) in [5.41, 5.74) is 1.60. The van der Waals surface area contributed by atoms with E-state index in [1.54, 1.807) is 39.7 Å². The van der Waals surface area contributed by atoms with Crippen molar-refractivity contribution >= 4 is 24.4 Å². The number of halogens is 2. The van der Waals surface area contributed by atoms with Crippen LogP contribution in [0.2, 0.25) is 0 Å². The summed E-state index contributed by atoms with van der Waals surface area (Å²) in [6.07, 6.45) is 6.86. The van der Waals surface area contributed by atoms with Gasteiger partial charge in [0.15, 0.2) is 0 Å². The predicted molar refractivity (Wildman–Crippen MR) is 141 cm³/mol. The molecule has 1 amide bonds. The Hall–Kier alpha value is -3.40. The Balaban J connectivity index is 0.00000320. The van der Waals surface area contributed by atoms with Crippen LogP contribution in [0.1, 0.15) is 39.5 Å². The van der Waals surface area contributed by atoms with Crippen LogP contribution in [0.3, 0.4) is 0 Å². The van der Waals surface area contributed by atoms with E-state index in [1.165, 1.54) is 12.1 Å². The van der Waals surface area contributed by atoms with E-state index in [1.807, 2.05) is 4.90 Å². The van der Waals surface area contributed by atoms with Crippen LogP contribution in [0.4, 0.5) is 15.1 Å². The van der Waals surface area contributed by atoms with Gasteiger partial charge in [-0.15, -0.1) is 12.4 Å². The van der Waals surface area contributed by atoms with Crippen LogP contribution in [-0.4, -0.2) is 55.3 Å². The first-order valence-electron chi connectivity index (χ1n) is 12.5. The molecular formula is C26H32ClFN6O3. The Morgan fingerprint density at radius 1 is 1.11 bits per heavy atom. The third kappa shape index (κ3) is 5.79. The smallest absolute Gasteiger partial charge is 0.410 e. The highest BCUT2D eigenvalue weighted by molar-refractivity contribution is 5.85. The number of amides is 1. The van der Waals surface area contributed by atoms with E-state index >= 15 is 0 Å². The molecule has 37 heavy (non-hydrogen) atoms. The minimum Gasteiger partial charge on any atom is -0.448 e. The Bertz CT molecular complexity index is 1280. The number of benzene rings is 1. The van der Waals surface area contributed by atoms with Crippen LogP contribution in [-0.2, 0) is 11.3 Å². The standard InChI is InChI=1S/C26H31FN6O3.ClH/c1-17(2)15-31-16-23(33(25(31)34)21-7-3-18(27)4-8-21)22-11-12-28-24(30-22)29-19-5-9-20(10-6-19)32-13-14-36-26(32)35;/h3-4,7-8,11-12,16-17,19-20H,5-6,9-10,13-15H2,1-2H3,(H,28,29,30);1H. The van der Waals surface area contributed by atoms with Crippen molar-refractivity contribution in [3.8, 4) is 17.1 Å². The lowest BCUT2D eigenvalue weighted by molar-refractivity contribution is 0.138. The van der Waals surface area contributed by atoms with Gasteiger partial charge >= 0.3 is 11.8 Å². The lowest BCUT2D eigenvalue weighted by atomic mass is 9.90. The van der Waals surface area contributed by atoms with Gasteiger partial charge in [-0.1, -0.05) is 13.8 Å². The van der Waals surface area contributed by atoms with Gasteiger partial charge in [0.25, 0.3) is 0 Å². The molecule has 3 heterocycles. The SMILES string of the molecule is CC(C)Cn1cc(-c2ccnc(NC3CCC(N4CCOC4=O)CC3)n2)n(-c2ccc(F)cc2)c1=O.Cl. The molecule has 9 nitrogen and oxygen atoms in total. The predicted octanol–water partition coefficient (Wildman–Crippen LogP) is 4.49. The van der Waals surface area contributed by atoms with Gasteiger partial charge in [-0.3, -0.25) is 9.13 Å². The second-order valence-electron chi connectivity index (χ2n) is 9.88. The summed E-state index contributed by atoms with van der Waals surface area (Å²) < 4.78 is 21.9. The highest BCUT2D eigenvalue weighted by Crippen LogP contribution is 2.27. The molecule has 0 atom stereocenters. The highest BCUT2D eigenvalue weighted by atomic mass is 35.5. The molecule has 2 aromatic heterocycles. The molecule has 2 fully saturated rings. The highest BCUT2D eigenvalue weighted by Gasteiger charge is 2.33. The van der Waals surface area contributed by atoms with Gasteiger partial charge in [-0.25, -0.2) is 23.9 Å². The Kier molecular flexibility index (Phi) is 8.16. The monoisotopic (exact) mass is 530 g/mol. The van der Waals surface area contributed by atoms with Crippen molar-refractivity contribution in [1.29, 1.82) is 0 Å². The van der Waals surface area contributed by atoms with Crippen molar-refractivity contribution in [2.75, 3.05) is 18.5 Å². The van der Waals surface area contributed by atoms with Crippen molar-refractivity contribution in [2.24, 2.45) is 5.92 Å². The number of nitrogens with zero attached hydrogens (tertiary/aromatic N) is 5. The summed E-state index contributed by atoms with van der Waals surface area (Å²) in [4.78, 5) is 36.1. The van der Waals surface area contributed by atoms with E-state index in [9.17, 15) is 14.0 Å². The van der Waals surface area contributed by atoms with Gasteiger partial charge in [0.2, 0.25) is 5.95 Å². The second-order valence-corrected chi connectivity index (χ2v) is 9.88. The van der Waals surface area contributed by atoms with E-state index in [0.717, 1.165) is 25.7 Å². The van der Waals surface area contributed by atoms with E-state index < -0.39 is 0 Å². The molecule has 1 saturated heterocycles. The van der Waals surface area contributed by atoms with Crippen LogP contribution in [0.5, 0.6) is 0 Å². The minimum absolute atomic E-state index is 0. The molecule has 0 unspecified atom stereocenters. The fourth-order valence-electron chi connectivity index (χ4n) is 5.06. The van der Waals surface area contributed by atoms with Crippen molar-refractivity contribution < 1.29 is 13.9 Å². The van der Waals surface area contributed by atoms with Crippen molar-refractivity contribution in [3.05, 3.63) is 59.0 Å². The number of ether oxygens (including phenoxy) is 1. The topological polar surface area (TPSA) is 94.3 Å². The average molecular weight is 531 g/mol. The van der Waals surface area contributed by atoms with E-state index in [0.29, 0.717) is 42.7 Å². The molecule has 1 aromatic carbocycles. The minimum atomic E-state index is -0.361. The van der Waals surface area contributed by atoms with Crippen LogP contribution >= 0.6 is 12.4 Å². The van der Waals surface area contributed by atoms with Crippen LogP contribution in [0, 0.1) is 11.7 Å². The lowest BCUT2D eigenvalue weighted by Gasteiger charge is -2.33. The maximum absolute atomic E-state index is 13.6. The summed E-state index contributed by atoms with van der Waals surface area (Å²) in [5, 5.41) is 3.43. The summed E-state index contributed by atoms with van der Waals surface area (Å²) in [5.74, 6) is 0.408. The number of cyclic esters (lactones) is 1. The largest absolute Gasteiger partial charge is 0.448 e. The van der Waals surface area contributed by atoms with E-state index in [4.69, 9.17) is 9.72 Å². The third-order valence-electron chi connectivity index (χ3n) is 6.78. The number of anilines is 1. The number of rotatable bonds is 7. The average Bonchev–Trinajstić information content (AvgIpc) is 3.43. The first-order chi connectivity index (χ1) is 17.4. The van der Waals surface area contributed by atoms with Gasteiger partial charge in [-0.2, -0.15) is 0 Å². The van der Waals surface area contributed by atoms with Crippen molar-refractivity contribution in [1.82, 2.24) is 24.0 Å². The maximum Gasteiger partial charge on any atom is 0.410 e. The number of nitrogens with one attached hydrogen (secondary N) is 1. The first-order valence-corrected chi connectivity index (χ1v) is 12.5. The molecular weight excluding hydrogens is 499 g/mol. The first kappa shape index (κ1) is 26.7. The molecule has 198 valence electrons. The van der Waals surface area contributed by atoms with Crippen molar-refractivity contribution in [2.45, 2.75) is 58.2 Å². The Morgan fingerprint density at radius 2 is 1.84 bits per heavy atom. The zero-order chi connectivity index (χ0) is 25.2. The number of carbonyl (C=O) groups excluding carboxylic acids is 1. The van der Waals surface area contributed by atoms with Crippen molar-refractivity contribution in [3.63, 3.8) is 0 Å². The van der Waals surface area contributed by atoms with Crippen LogP contribution in [0.15, 0.2) is 47.5 Å². The molecule has 0 spiro atoms. The number of hydrogen-bond acceptors (Lipinski definition) is 6. The number of aromatic nitrogens is 4. The molecule has 0 radical (unpaired) electrons. The van der Waals surface area contributed by atoms with Gasteiger partial charge in [0, 0.05) is 31.0 Å². The summed E-state index contributed by atoms with van der Waals surface area (Å²) >= 11 is 0. The van der Waals surface area contributed by atoms with E-state index in [2.05, 4.69) is 24.1 Å². The summed E-state index contributed by atoms with van der Waals surface area (Å²) in [6, 6.07) is 8.06. The zero-order valence-corrected chi connectivity index (χ0v) is 21.8. The Labute approximate surface area is 221 Å². The summed E-state index contributed by atoms with van der Waals surface area (Å²) in [7, 11) is 0. The second kappa shape index (κ2) is 11.3.